The molecule has 1 unspecified atom stereocenters. The second kappa shape index (κ2) is 7.74. The van der Waals surface area contributed by atoms with Crippen molar-refractivity contribution in [1.29, 1.82) is 0 Å². The zero-order chi connectivity index (χ0) is 18.5. The van der Waals surface area contributed by atoms with Crippen molar-refractivity contribution < 1.29 is 9.72 Å². The van der Waals surface area contributed by atoms with E-state index in [2.05, 4.69) is 20.8 Å². The Hall–Kier alpha value is -3.27. The zero-order valence-electron chi connectivity index (χ0n) is 13.6. The van der Waals surface area contributed by atoms with Gasteiger partial charge in [-0.1, -0.05) is 0 Å². The fraction of sp³-hybridized carbons (Fsp3) is 0.125. The first kappa shape index (κ1) is 17.5. The molecule has 0 aliphatic carbocycles. The summed E-state index contributed by atoms with van der Waals surface area (Å²) in [5, 5.41) is 24.1. The number of nitro groups is 1. The van der Waals surface area contributed by atoms with Crippen molar-refractivity contribution in [3.63, 3.8) is 0 Å². The van der Waals surface area contributed by atoms with E-state index in [1.807, 2.05) is 0 Å². The van der Waals surface area contributed by atoms with Gasteiger partial charge in [0.2, 0.25) is 5.91 Å². The van der Waals surface area contributed by atoms with Crippen molar-refractivity contribution in [2.24, 2.45) is 0 Å². The van der Waals surface area contributed by atoms with Crippen LogP contribution in [-0.2, 0) is 4.79 Å². The average molecular weight is 370 g/mol. The molecule has 1 N–H and O–H groups in total. The van der Waals surface area contributed by atoms with Gasteiger partial charge in [0.25, 0.3) is 5.69 Å². The number of nitrogens with zero attached hydrogens (tertiary/aromatic N) is 5. The number of tetrazole rings is 1. The molecule has 9 nitrogen and oxygen atoms in total. The Balaban J connectivity index is 1.59. The van der Waals surface area contributed by atoms with E-state index in [1.54, 1.807) is 43.3 Å². The largest absolute Gasteiger partial charge is 0.325 e. The smallest absolute Gasteiger partial charge is 0.269 e. The van der Waals surface area contributed by atoms with E-state index in [-0.39, 0.29) is 16.8 Å². The summed E-state index contributed by atoms with van der Waals surface area (Å²) < 4.78 is 1.51. The second-order valence-corrected chi connectivity index (χ2v) is 6.72. The standard InChI is InChI=1S/C16H14N6O3S/c1-11(26-15-8-6-14(7-9-15)22(24)25)16(23)18-12-2-4-13(5-3-12)21-10-17-19-20-21/h2-11H,1H3,(H,18,23). The van der Waals surface area contributed by atoms with Gasteiger partial charge in [0.15, 0.2) is 0 Å². The fourth-order valence-electron chi connectivity index (χ4n) is 2.13. The molecule has 0 saturated carbocycles. The molecule has 1 atom stereocenters. The number of hydrogen-bond donors (Lipinski definition) is 1. The molecule has 0 fully saturated rings. The van der Waals surface area contributed by atoms with E-state index in [1.165, 1.54) is 34.9 Å². The van der Waals surface area contributed by atoms with Gasteiger partial charge in [0.05, 0.1) is 15.9 Å². The van der Waals surface area contributed by atoms with E-state index in [0.717, 1.165) is 10.6 Å². The molecule has 1 amide bonds. The maximum atomic E-state index is 12.3. The molecule has 132 valence electrons. The molecule has 0 saturated heterocycles. The van der Waals surface area contributed by atoms with Gasteiger partial charge >= 0.3 is 0 Å². The van der Waals surface area contributed by atoms with Crippen LogP contribution in [0.3, 0.4) is 0 Å². The number of anilines is 1. The third-order valence-electron chi connectivity index (χ3n) is 3.48. The molecular formula is C16H14N6O3S. The first-order chi connectivity index (χ1) is 12.5. The summed E-state index contributed by atoms with van der Waals surface area (Å²) in [7, 11) is 0. The highest BCUT2D eigenvalue weighted by atomic mass is 32.2. The van der Waals surface area contributed by atoms with Crippen LogP contribution in [-0.4, -0.2) is 36.3 Å². The number of hydrogen-bond acceptors (Lipinski definition) is 7. The Morgan fingerprint density at radius 3 is 2.46 bits per heavy atom. The predicted octanol–water partition coefficient (Wildman–Crippen LogP) is 2.69. The first-order valence-corrected chi connectivity index (χ1v) is 8.46. The number of carbonyl (C=O) groups is 1. The van der Waals surface area contributed by atoms with E-state index in [0.29, 0.717) is 5.69 Å². The molecule has 3 rings (SSSR count). The second-order valence-electron chi connectivity index (χ2n) is 5.30. The lowest BCUT2D eigenvalue weighted by Gasteiger charge is -2.12. The molecule has 3 aromatic rings. The molecule has 0 spiro atoms. The van der Waals surface area contributed by atoms with Crippen molar-refractivity contribution in [3.05, 3.63) is 65.0 Å². The van der Waals surface area contributed by atoms with Crippen LogP contribution >= 0.6 is 11.8 Å². The Morgan fingerprint density at radius 2 is 1.88 bits per heavy atom. The Morgan fingerprint density at radius 1 is 1.19 bits per heavy atom. The Labute approximate surface area is 152 Å². The van der Waals surface area contributed by atoms with Crippen molar-refractivity contribution >= 4 is 29.0 Å². The van der Waals surface area contributed by atoms with E-state index >= 15 is 0 Å². The van der Waals surface area contributed by atoms with Gasteiger partial charge in [0, 0.05) is 22.7 Å². The highest BCUT2D eigenvalue weighted by Gasteiger charge is 2.15. The number of amides is 1. The van der Waals surface area contributed by atoms with E-state index in [9.17, 15) is 14.9 Å². The predicted molar refractivity (Wildman–Crippen MR) is 96.2 cm³/mol. The molecule has 1 aromatic heterocycles. The number of nitrogens with one attached hydrogen (secondary N) is 1. The maximum Gasteiger partial charge on any atom is 0.269 e. The molecular weight excluding hydrogens is 356 g/mol. The van der Waals surface area contributed by atoms with Crippen LogP contribution in [0.5, 0.6) is 0 Å². The van der Waals surface area contributed by atoms with Crippen LogP contribution in [0.2, 0.25) is 0 Å². The molecule has 0 aliphatic heterocycles. The molecule has 0 radical (unpaired) electrons. The third kappa shape index (κ3) is 4.22. The Bertz CT molecular complexity index is 897. The minimum Gasteiger partial charge on any atom is -0.325 e. The number of non-ortho nitro benzene ring substituents is 1. The average Bonchev–Trinajstić information content (AvgIpc) is 3.17. The number of aromatic nitrogens is 4. The van der Waals surface area contributed by atoms with Crippen molar-refractivity contribution in [2.45, 2.75) is 17.1 Å². The number of nitro benzene ring substituents is 1. The molecule has 26 heavy (non-hydrogen) atoms. The molecule has 1 heterocycles. The topological polar surface area (TPSA) is 116 Å². The van der Waals surface area contributed by atoms with Crippen molar-refractivity contribution in [1.82, 2.24) is 20.2 Å². The lowest BCUT2D eigenvalue weighted by molar-refractivity contribution is -0.384. The monoisotopic (exact) mass is 370 g/mol. The maximum absolute atomic E-state index is 12.3. The number of carbonyl (C=O) groups excluding carboxylic acids is 1. The lowest BCUT2D eigenvalue weighted by Crippen LogP contribution is -2.22. The summed E-state index contributed by atoms with van der Waals surface area (Å²) in [5.41, 5.74) is 1.46. The highest BCUT2D eigenvalue weighted by molar-refractivity contribution is 8.00. The van der Waals surface area contributed by atoms with Crippen LogP contribution in [0.15, 0.2) is 59.8 Å². The Kier molecular flexibility index (Phi) is 5.23. The molecule has 0 aliphatic rings. The zero-order valence-corrected chi connectivity index (χ0v) is 14.5. The lowest BCUT2D eigenvalue weighted by atomic mass is 10.2. The summed E-state index contributed by atoms with van der Waals surface area (Å²) in [4.78, 5) is 23.3. The van der Waals surface area contributed by atoms with Gasteiger partial charge < -0.3 is 5.32 Å². The number of thioether (sulfide) groups is 1. The number of benzene rings is 2. The fourth-order valence-corrected chi connectivity index (χ4v) is 2.99. The van der Waals surface area contributed by atoms with Gasteiger partial charge in [0.1, 0.15) is 6.33 Å². The van der Waals surface area contributed by atoms with Crippen LogP contribution in [0, 0.1) is 10.1 Å². The normalized spacial score (nSPS) is 11.7. The van der Waals surface area contributed by atoms with Crippen LogP contribution in [0.1, 0.15) is 6.92 Å². The summed E-state index contributed by atoms with van der Waals surface area (Å²) in [6.45, 7) is 1.77. The van der Waals surface area contributed by atoms with Gasteiger partial charge in [-0.15, -0.1) is 16.9 Å². The number of rotatable bonds is 6. The van der Waals surface area contributed by atoms with E-state index in [4.69, 9.17) is 0 Å². The van der Waals surface area contributed by atoms with Crippen LogP contribution in [0.4, 0.5) is 11.4 Å². The third-order valence-corrected chi connectivity index (χ3v) is 4.59. The van der Waals surface area contributed by atoms with Gasteiger partial charge in [-0.05, 0) is 53.7 Å². The van der Waals surface area contributed by atoms with Crippen molar-refractivity contribution in [2.75, 3.05) is 5.32 Å². The van der Waals surface area contributed by atoms with Gasteiger partial charge in [-0.3, -0.25) is 14.9 Å². The van der Waals surface area contributed by atoms with E-state index < -0.39 is 4.92 Å². The summed E-state index contributed by atoms with van der Waals surface area (Å²) in [6.07, 6.45) is 1.48. The van der Waals surface area contributed by atoms with Crippen molar-refractivity contribution in [3.8, 4) is 5.69 Å². The quantitative estimate of drug-likeness (QED) is 0.403. The summed E-state index contributed by atoms with van der Waals surface area (Å²) >= 11 is 1.33. The SMILES string of the molecule is CC(Sc1ccc([N+](=O)[O-])cc1)C(=O)Nc1ccc(-n2cnnn2)cc1. The minimum absolute atomic E-state index is 0.0223. The summed E-state index contributed by atoms with van der Waals surface area (Å²) in [6, 6.07) is 13.2. The van der Waals surface area contributed by atoms with Crippen LogP contribution in [0.25, 0.3) is 5.69 Å². The molecule has 10 heteroatoms. The minimum atomic E-state index is -0.455. The van der Waals surface area contributed by atoms with Gasteiger partial charge in [-0.2, -0.15) is 0 Å². The molecule has 2 aromatic carbocycles. The highest BCUT2D eigenvalue weighted by Crippen LogP contribution is 2.26. The van der Waals surface area contributed by atoms with Gasteiger partial charge in [-0.25, -0.2) is 4.68 Å². The molecule has 0 bridgehead atoms. The first-order valence-electron chi connectivity index (χ1n) is 7.58. The van der Waals surface area contributed by atoms with Crippen LogP contribution < -0.4 is 5.32 Å². The summed E-state index contributed by atoms with van der Waals surface area (Å²) in [5.74, 6) is -0.163.